The summed E-state index contributed by atoms with van der Waals surface area (Å²) in [4.78, 5) is 11.5. The number of hydrogen-bond donors (Lipinski definition) is 2. The molecule has 0 aromatic heterocycles. The van der Waals surface area contributed by atoms with E-state index < -0.39 is 11.8 Å². The van der Waals surface area contributed by atoms with E-state index >= 15 is 0 Å². The second kappa shape index (κ2) is 7.74. The lowest BCUT2D eigenvalue weighted by atomic mass is 10.2. The van der Waals surface area contributed by atoms with Gasteiger partial charge >= 0.3 is 6.03 Å². The van der Waals surface area contributed by atoms with Crippen molar-refractivity contribution in [1.82, 2.24) is 5.32 Å². The average molecular weight is 268 g/mol. The molecule has 0 saturated heterocycles. The third-order valence-electron chi connectivity index (χ3n) is 2.43. The smallest absolute Gasteiger partial charge is 0.319 e. The lowest BCUT2D eigenvalue weighted by Crippen LogP contribution is -2.30. The highest BCUT2D eigenvalue weighted by Crippen LogP contribution is 2.15. The minimum atomic E-state index is -0.441. The van der Waals surface area contributed by atoms with Gasteiger partial charge in [-0.1, -0.05) is 6.07 Å². The molecule has 0 heterocycles. The first-order valence-corrected chi connectivity index (χ1v) is 6.41. The van der Waals surface area contributed by atoms with E-state index in [1.807, 2.05) is 20.8 Å². The molecule has 1 rings (SSSR count). The van der Waals surface area contributed by atoms with Crippen molar-refractivity contribution in [3.05, 3.63) is 29.6 Å². The highest BCUT2D eigenvalue weighted by molar-refractivity contribution is 5.89. The average Bonchev–Trinajstić information content (AvgIpc) is 2.33. The Morgan fingerprint density at radius 3 is 2.84 bits per heavy atom. The van der Waals surface area contributed by atoms with Gasteiger partial charge in [0.25, 0.3) is 0 Å². The maximum absolute atomic E-state index is 13.4. The summed E-state index contributed by atoms with van der Waals surface area (Å²) in [5, 5.41) is 5.14. The van der Waals surface area contributed by atoms with Crippen LogP contribution in [0.4, 0.5) is 14.9 Å². The van der Waals surface area contributed by atoms with E-state index in [2.05, 4.69) is 10.6 Å². The van der Waals surface area contributed by atoms with E-state index in [4.69, 9.17) is 4.74 Å². The van der Waals surface area contributed by atoms with Crippen LogP contribution in [-0.4, -0.2) is 25.3 Å². The molecule has 0 aliphatic heterocycles. The molecule has 0 saturated carbocycles. The number of amides is 2. The Hall–Kier alpha value is -1.62. The number of ether oxygens (including phenoxy) is 1. The zero-order valence-electron chi connectivity index (χ0n) is 11.6. The number of carbonyl (C=O) groups excluding carboxylic acids is 1. The Balaban J connectivity index is 2.29. The summed E-state index contributed by atoms with van der Waals surface area (Å²) in [6.07, 6.45) is 0.914. The Morgan fingerprint density at radius 2 is 2.16 bits per heavy atom. The fourth-order valence-corrected chi connectivity index (χ4v) is 1.49. The number of nitrogens with one attached hydrogen (secondary N) is 2. The molecule has 5 heteroatoms. The molecule has 0 unspecified atom stereocenters. The van der Waals surface area contributed by atoms with Crippen molar-refractivity contribution in [2.75, 3.05) is 18.5 Å². The normalized spacial score (nSPS) is 10.6. The molecule has 0 spiro atoms. The number of aryl methyl sites for hydroxylation is 1. The van der Waals surface area contributed by atoms with Crippen LogP contribution >= 0.6 is 0 Å². The number of anilines is 1. The van der Waals surface area contributed by atoms with Gasteiger partial charge in [0.2, 0.25) is 0 Å². The molecule has 0 fully saturated rings. The minimum absolute atomic E-state index is 0.190. The van der Waals surface area contributed by atoms with Crippen molar-refractivity contribution < 1.29 is 13.9 Å². The van der Waals surface area contributed by atoms with Crippen LogP contribution in [0.3, 0.4) is 0 Å². The second-order valence-corrected chi connectivity index (χ2v) is 4.64. The van der Waals surface area contributed by atoms with E-state index in [-0.39, 0.29) is 11.8 Å². The Kier molecular flexibility index (Phi) is 6.29. The zero-order valence-corrected chi connectivity index (χ0v) is 11.6. The summed E-state index contributed by atoms with van der Waals surface area (Å²) in [5.41, 5.74) is 1.08. The fourth-order valence-electron chi connectivity index (χ4n) is 1.49. The molecule has 0 bridgehead atoms. The number of halogens is 1. The molecule has 0 aliphatic carbocycles. The van der Waals surface area contributed by atoms with Crippen LogP contribution in [0, 0.1) is 12.7 Å². The first-order valence-electron chi connectivity index (χ1n) is 6.41. The summed E-state index contributed by atoms with van der Waals surface area (Å²) >= 11 is 0. The maximum atomic E-state index is 13.4. The molecule has 1 aromatic rings. The Bertz CT molecular complexity index is 422. The second-order valence-electron chi connectivity index (χ2n) is 4.64. The van der Waals surface area contributed by atoms with Crippen LogP contribution < -0.4 is 10.6 Å². The van der Waals surface area contributed by atoms with Crippen molar-refractivity contribution in [2.45, 2.75) is 33.3 Å². The quantitative estimate of drug-likeness (QED) is 0.779. The fraction of sp³-hybridized carbons (Fsp3) is 0.500. The molecule has 2 N–H and O–H groups in total. The number of rotatable bonds is 6. The van der Waals surface area contributed by atoms with E-state index in [9.17, 15) is 9.18 Å². The standard InChI is InChI=1S/C14H21FN2O2/c1-10(2)19-8-4-7-16-14(18)17-13-9-11(3)5-6-12(13)15/h5-6,9-10H,4,7-8H2,1-3H3,(H2,16,17,18). The largest absolute Gasteiger partial charge is 0.379 e. The summed E-state index contributed by atoms with van der Waals surface area (Å²) in [7, 11) is 0. The van der Waals surface area contributed by atoms with Gasteiger partial charge in [0, 0.05) is 13.2 Å². The van der Waals surface area contributed by atoms with E-state index in [1.54, 1.807) is 12.1 Å². The maximum Gasteiger partial charge on any atom is 0.319 e. The van der Waals surface area contributed by atoms with Gasteiger partial charge in [-0.3, -0.25) is 0 Å². The first kappa shape index (κ1) is 15.4. The van der Waals surface area contributed by atoms with Crippen molar-refractivity contribution in [1.29, 1.82) is 0 Å². The van der Waals surface area contributed by atoms with Gasteiger partial charge in [0.1, 0.15) is 5.82 Å². The van der Waals surface area contributed by atoms with Gasteiger partial charge in [0.05, 0.1) is 11.8 Å². The van der Waals surface area contributed by atoms with E-state index in [0.29, 0.717) is 13.2 Å². The number of urea groups is 1. The SMILES string of the molecule is Cc1ccc(F)c(NC(=O)NCCCOC(C)C)c1. The van der Waals surface area contributed by atoms with Gasteiger partial charge < -0.3 is 15.4 Å². The van der Waals surface area contributed by atoms with Gasteiger partial charge in [-0.05, 0) is 44.9 Å². The van der Waals surface area contributed by atoms with Crippen molar-refractivity contribution in [3.63, 3.8) is 0 Å². The van der Waals surface area contributed by atoms with Crippen LogP contribution in [0.2, 0.25) is 0 Å². The summed E-state index contributed by atoms with van der Waals surface area (Å²) < 4.78 is 18.7. The lowest BCUT2D eigenvalue weighted by molar-refractivity contribution is 0.0775. The Morgan fingerprint density at radius 1 is 1.42 bits per heavy atom. The number of hydrogen-bond acceptors (Lipinski definition) is 2. The van der Waals surface area contributed by atoms with Crippen LogP contribution in [0.25, 0.3) is 0 Å². The van der Waals surface area contributed by atoms with Gasteiger partial charge in [-0.25, -0.2) is 9.18 Å². The first-order chi connectivity index (χ1) is 8.99. The lowest BCUT2D eigenvalue weighted by Gasteiger charge is -2.10. The predicted molar refractivity (Wildman–Crippen MR) is 73.9 cm³/mol. The van der Waals surface area contributed by atoms with Crippen LogP contribution in [0.1, 0.15) is 25.8 Å². The molecule has 19 heavy (non-hydrogen) atoms. The van der Waals surface area contributed by atoms with Crippen LogP contribution in [0.15, 0.2) is 18.2 Å². The third-order valence-corrected chi connectivity index (χ3v) is 2.43. The van der Waals surface area contributed by atoms with Gasteiger partial charge in [0.15, 0.2) is 0 Å². The third kappa shape index (κ3) is 6.20. The minimum Gasteiger partial charge on any atom is -0.379 e. The molecule has 2 amide bonds. The molecule has 0 atom stereocenters. The van der Waals surface area contributed by atoms with Crippen molar-refractivity contribution >= 4 is 11.7 Å². The summed E-state index contributed by atoms with van der Waals surface area (Å²) in [5.74, 6) is -0.441. The van der Waals surface area contributed by atoms with Gasteiger partial charge in [-0.2, -0.15) is 0 Å². The number of benzene rings is 1. The molecular weight excluding hydrogens is 247 g/mol. The molecule has 1 aromatic carbocycles. The Labute approximate surface area is 113 Å². The highest BCUT2D eigenvalue weighted by Gasteiger charge is 2.06. The molecule has 106 valence electrons. The highest BCUT2D eigenvalue weighted by atomic mass is 19.1. The monoisotopic (exact) mass is 268 g/mol. The predicted octanol–water partition coefficient (Wildman–Crippen LogP) is 3.07. The molecule has 0 radical (unpaired) electrons. The molecule has 0 aliphatic rings. The topological polar surface area (TPSA) is 50.4 Å². The van der Waals surface area contributed by atoms with E-state index in [1.165, 1.54) is 6.07 Å². The van der Waals surface area contributed by atoms with E-state index in [0.717, 1.165) is 12.0 Å². The van der Waals surface area contributed by atoms with Crippen molar-refractivity contribution in [3.8, 4) is 0 Å². The molecule has 4 nitrogen and oxygen atoms in total. The molecular formula is C14H21FN2O2. The zero-order chi connectivity index (χ0) is 14.3. The van der Waals surface area contributed by atoms with Crippen molar-refractivity contribution in [2.24, 2.45) is 0 Å². The summed E-state index contributed by atoms with van der Waals surface area (Å²) in [6.45, 7) is 6.84. The van der Waals surface area contributed by atoms with Gasteiger partial charge in [-0.15, -0.1) is 0 Å². The summed E-state index contributed by atoms with van der Waals surface area (Å²) in [6, 6.07) is 4.17. The van der Waals surface area contributed by atoms with Crippen LogP contribution in [0.5, 0.6) is 0 Å². The van der Waals surface area contributed by atoms with Crippen LogP contribution in [-0.2, 0) is 4.74 Å². The number of carbonyl (C=O) groups is 1.